The van der Waals surface area contributed by atoms with Crippen molar-refractivity contribution in [3.63, 3.8) is 0 Å². The van der Waals surface area contributed by atoms with E-state index in [1.165, 1.54) is 6.07 Å². The van der Waals surface area contributed by atoms with Gasteiger partial charge in [-0.25, -0.2) is 28.1 Å². The summed E-state index contributed by atoms with van der Waals surface area (Å²) in [4.78, 5) is 40.7. The molecule has 1 saturated carbocycles. The molecule has 1 unspecified atom stereocenters. The topological polar surface area (TPSA) is 88.2 Å². The molecule has 0 bridgehead atoms. The van der Waals surface area contributed by atoms with Gasteiger partial charge >= 0.3 is 18.1 Å². The number of urea groups is 1. The highest BCUT2D eigenvalue weighted by atomic mass is 19.2. The number of cyclic esters (lactones) is 1. The van der Waals surface area contributed by atoms with Crippen LogP contribution in [0.15, 0.2) is 42.5 Å². The number of hydrogen-bond donors (Lipinski definition) is 1. The Labute approximate surface area is 226 Å². The van der Waals surface area contributed by atoms with Crippen LogP contribution < -0.4 is 5.32 Å². The van der Waals surface area contributed by atoms with Crippen LogP contribution in [-0.2, 0) is 9.47 Å². The van der Waals surface area contributed by atoms with Crippen molar-refractivity contribution in [3.8, 4) is 0 Å². The molecule has 8 nitrogen and oxygen atoms in total. The van der Waals surface area contributed by atoms with Gasteiger partial charge in [-0.3, -0.25) is 4.90 Å². The Bertz CT molecular complexity index is 1230. The quantitative estimate of drug-likeness (QED) is 0.497. The van der Waals surface area contributed by atoms with Gasteiger partial charge < -0.3 is 14.8 Å². The van der Waals surface area contributed by atoms with E-state index >= 15 is 0 Å². The van der Waals surface area contributed by atoms with Crippen LogP contribution in [-0.4, -0.2) is 66.8 Å². The zero-order valence-corrected chi connectivity index (χ0v) is 21.9. The van der Waals surface area contributed by atoms with Gasteiger partial charge in [-0.2, -0.15) is 0 Å². The number of imide groups is 1. The summed E-state index contributed by atoms with van der Waals surface area (Å²) >= 11 is 0. The standard InChI is InChI=1S/C29H33F2N3O5/c1-2-38-27(35)23-6-4-3-5-22(23)19-7-10-21(11-8-19)33-15-18(16-33)14-32-28(36)34-26(17-39-29(34)37)20-9-12-24(30)25(31)13-20/h3-6,9,12-13,18-19,21,26H,2,7-8,10-11,14-17H2,1H3,(H,32,36). The lowest BCUT2D eigenvalue weighted by Gasteiger charge is -2.47. The number of benzene rings is 2. The minimum atomic E-state index is -1.04. The van der Waals surface area contributed by atoms with Gasteiger partial charge in [0, 0.05) is 31.6 Å². The van der Waals surface area contributed by atoms with Crippen LogP contribution in [0.25, 0.3) is 0 Å². The van der Waals surface area contributed by atoms with Crippen molar-refractivity contribution in [2.75, 3.05) is 32.8 Å². The molecule has 2 aromatic rings. The normalized spacial score (nSPS) is 23.7. The first-order valence-electron chi connectivity index (χ1n) is 13.5. The van der Waals surface area contributed by atoms with Crippen LogP contribution in [0, 0.1) is 17.6 Å². The summed E-state index contributed by atoms with van der Waals surface area (Å²) < 4.78 is 37.3. The maximum absolute atomic E-state index is 13.7. The number of nitrogens with one attached hydrogen (secondary N) is 1. The number of carbonyl (C=O) groups excluding carboxylic acids is 3. The van der Waals surface area contributed by atoms with Gasteiger partial charge in [-0.05, 0) is 67.9 Å². The minimum absolute atomic E-state index is 0.110. The van der Waals surface area contributed by atoms with Gasteiger partial charge in [-0.15, -0.1) is 0 Å². The molecule has 1 aliphatic carbocycles. The van der Waals surface area contributed by atoms with Crippen LogP contribution in [0.4, 0.5) is 18.4 Å². The molecule has 3 fully saturated rings. The Morgan fingerprint density at radius 1 is 1.05 bits per heavy atom. The first-order valence-corrected chi connectivity index (χ1v) is 13.5. The molecule has 5 rings (SSSR count). The number of carbonyl (C=O) groups is 3. The predicted molar refractivity (Wildman–Crippen MR) is 138 cm³/mol. The lowest BCUT2D eigenvalue weighted by molar-refractivity contribution is 0.0333. The van der Waals surface area contributed by atoms with E-state index in [-0.39, 0.29) is 18.5 Å². The van der Waals surface area contributed by atoms with E-state index in [1.807, 2.05) is 31.2 Å². The second-order valence-electron chi connectivity index (χ2n) is 10.5. The number of nitrogens with zero attached hydrogens (tertiary/aromatic N) is 2. The average molecular weight is 542 g/mol. The maximum atomic E-state index is 13.7. The van der Waals surface area contributed by atoms with Crippen LogP contribution in [0.5, 0.6) is 0 Å². The monoisotopic (exact) mass is 541 g/mol. The number of rotatable bonds is 7. The number of esters is 1. The van der Waals surface area contributed by atoms with E-state index in [9.17, 15) is 23.2 Å². The maximum Gasteiger partial charge on any atom is 0.418 e. The van der Waals surface area contributed by atoms with Crippen LogP contribution in [0.1, 0.15) is 66.1 Å². The molecule has 0 aromatic heterocycles. The molecule has 1 N–H and O–H groups in total. The predicted octanol–water partition coefficient (Wildman–Crippen LogP) is 5.00. The number of hydrogen-bond acceptors (Lipinski definition) is 6. The number of likely N-dealkylation sites (tertiary alicyclic amines) is 1. The van der Waals surface area contributed by atoms with E-state index in [1.54, 1.807) is 0 Å². The SMILES string of the molecule is CCOC(=O)c1ccccc1C1CCC(N2CC(CNC(=O)N3C(=O)OCC3c3ccc(F)c(F)c3)C2)CC1. The second-order valence-corrected chi connectivity index (χ2v) is 10.5. The first kappa shape index (κ1) is 27.1. The molecule has 39 heavy (non-hydrogen) atoms. The largest absolute Gasteiger partial charge is 0.462 e. The summed E-state index contributed by atoms with van der Waals surface area (Å²) in [5, 5.41) is 2.81. The van der Waals surface area contributed by atoms with Crippen molar-refractivity contribution in [1.82, 2.24) is 15.1 Å². The zero-order valence-electron chi connectivity index (χ0n) is 21.9. The molecule has 3 amide bonds. The minimum Gasteiger partial charge on any atom is -0.462 e. The highest BCUT2D eigenvalue weighted by molar-refractivity contribution is 5.93. The Morgan fingerprint density at radius 3 is 2.51 bits per heavy atom. The smallest absolute Gasteiger partial charge is 0.418 e. The fourth-order valence-corrected chi connectivity index (χ4v) is 5.96. The molecular formula is C29H33F2N3O5. The Hall–Kier alpha value is -3.53. The first-order chi connectivity index (χ1) is 18.9. The van der Waals surface area contributed by atoms with Crippen molar-refractivity contribution >= 4 is 18.1 Å². The average Bonchev–Trinajstić information content (AvgIpc) is 3.31. The van der Waals surface area contributed by atoms with Gasteiger partial charge in [-0.1, -0.05) is 24.3 Å². The third-order valence-electron chi connectivity index (χ3n) is 8.06. The molecule has 2 heterocycles. The molecule has 2 aliphatic heterocycles. The molecule has 2 saturated heterocycles. The Balaban J connectivity index is 1.08. The molecular weight excluding hydrogens is 508 g/mol. The van der Waals surface area contributed by atoms with Crippen molar-refractivity contribution < 1.29 is 32.6 Å². The number of halogens is 2. The van der Waals surface area contributed by atoms with E-state index in [2.05, 4.69) is 10.2 Å². The van der Waals surface area contributed by atoms with E-state index in [0.717, 1.165) is 61.4 Å². The molecule has 208 valence electrons. The molecule has 3 aliphatic rings. The second kappa shape index (κ2) is 11.7. The van der Waals surface area contributed by atoms with Crippen molar-refractivity contribution in [2.45, 2.75) is 50.6 Å². The van der Waals surface area contributed by atoms with E-state index < -0.39 is 29.8 Å². The third-order valence-corrected chi connectivity index (χ3v) is 8.06. The molecule has 2 aromatic carbocycles. The zero-order chi connectivity index (χ0) is 27.5. The fourth-order valence-electron chi connectivity index (χ4n) is 5.96. The summed E-state index contributed by atoms with van der Waals surface area (Å²) in [6.07, 6.45) is 3.27. The third kappa shape index (κ3) is 5.75. The van der Waals surface area contributed by atoms with Crippen LogP contribution in [0.2, 0.25) is 0 Å². The van der Waals surface area contributed by atoms with E-state index in [4.69, 9.17) is 9.47 Å². The van der Waals surface area contributed by atoms with Gasteiger partial charge in [0.1, 0.15) is 12.6 Å². The summed E-state index contributed by atoms with van der Waals surface area (Å²) in [6.45, 7) is 4.17. The number of ether oxygens (including phenoxy) is 2. The van der Waals surface area contributed by atoms with Crippen LogP contribution in [0.3, 0.4) is 0 Å². The molecule has 0 radical (unpaired) electrons. The van der Waals surface area contributed by atoms with Gasteiger partial charge in [0.2, 0.25) is 0 Å². The fraction of sp³-hybridized carbons (Fsp3) is 0.483. The Morgan fingerprint density at radius 2 is 1.79 bits per heavy atom. The van der Waals surface area contributed by atoms with Gasteiger partial charge in [0.15, 0.2) is 11.6 Å². The lowest BCUT2D eigenvalue weighted by Crippen LogP contribution is -2.56. The highest BCUT2D eigenvalue weighted by Crippen LogP contribution is 2.38. The van der Waals surface area contributed by atoms with Crippen molar-refractivity contribution in [1.29, 1.82) is 0 Å². The van der Waals surface area contributed by atoms with Crippen molar-refractivity contribution in [3.05, 3.63) is 70.8 Å². The highest BCUT2D eigenvalue weighted by Gasteiger charge is 2.40. The summed E-state index contributed by atoms with van der Waals surface area (Å²) in [7, 11) is 0. The summed E-state index contributed by atoms with van der Waals surface area (Å²) in [6, 6.07) is 10.1. The Kier molecular flexibility index (Phi) is 8.11. The van der Waals surface area contributed by atoms with Gasteiger partial charge in [0.25, 0.3) is 0 Å². The number of amides is 3. The van der Waals surface area contributed by atoms with Crippen LogP contribution >= 0.6 is 0 Å². The molecule has 1 atom stereocenters. The van der Waals surface area contributed by atoms with Crippen molar-refractivity contribution in [2.24, 2.45) is 5.92 Å². The summed E-state index contributed by atoms with van der Waals surface area (Å²) in [5.41, 5.74) is 2.03. The molecule has 0 spiro atoms. The lowest BCUT2D eigenvalue weighted by atomic mass is 9.78. The molecule has 10 heteroatoms. The van der Waals surface area contributed by atoms with Gasteiger partial charge in [0.05, 0.1) is 12.2 Å². The summed E-state index contributed by atoms with van der Waals surface area (Å²) in [5.74, 6) is -1.71. The van der Waals surface area contributed by atoms with E-state index in [0.29, 0.717) is 36.2 Å².